The fraction of sp³-hybridized carbons (Fsp3) is 1.00. The van der Waals surface area contributed by atoms with Gasteiger partial charge in [-0.15, -0.1) is 0 Å². The molecule has 0 bridgehead atoms. The van der Waals surface area contributed by atoms with Crippen LogP contribution in [0.4, 0.5) is 0 Å². The first-order chi connectivity index (χ1) is 7.97. The highest BCUT2D eigenvalue weighted by Crippen LogP contribution is 2.36. The van der Waals surface area contributed by atoms with E-state index in [1.807, 2.05) is 0 Å². The Morgan fingerprint density at radius 3 is 2.24 bits per heavy atom. The van der Waals surface area contributed by atoms with Crippen molar-refractivity contribution in [2.24, 2.45) is 10.6 Å². The molecule has 5 heteroatoms. The molecule has 0 heterocycles. The fourth-order valence-electron chi connectivity index (χ4n) is 2.67. The SMILES string of the molecule is CCCOCC1(CS(N)(=O)=O)CCCCCC1. The van der Waals surface area contributed by atoms with Gasteiger partial charge in [0, 0.05) is 12.0 Å². The number of nitrogens with two attached hydrogens (primary N) is 1. The van der Waals surface area contributed by atoms with Crippen LogP contribution in [0.1, 0.15) is 51.9 Å². The van der Waals surface area contributed by atoms with Crippen molar-refractivity contribution >= 4 is 10.0 Å². The monoisotopic (exact) mass is 263 g/mol. The van der Waals surface area contributed by atoms with Crippen LogP contribution in [0.15, 0.2) is 0 Å². The third kappa shape index (κ3) is 5.84. The molecule has 0 radical (unpaired) electrons. The molecule has 0 aliphatic heterocycles. The zero-order chi connectivity index (χ0) is 12.8. The zero-order valence-electron chi connectivity index (χ0n) is 10.8. The van der Waals surface area contributed by atoms with E-state index in [-0.39, 0.29) is 11.2 Å². The van der Waals surface area contributed by atoms with E-state index in [2.05, 4.69) is 6.92 Å². The molecule has 0 aromatic heterocycles. The van der Waals surface area contributed by atoms with Gasteiger partial charge in [0.15, 0.2) is 0 Å². The minimum absolute atomic E-state index is 0.0731. The van der Waals surface area contributed by atoms with E-state index in [9.17, 15) is 8.42 Å². The molecule has 1 rings (SSSR count). The van der Waals surface area contributed by atoms with Crippen molar-refractivity contribution in [1.82, 2.24) is 0 Å². The molecule has 0 aromatic rings. The van der Waals surface area contributed by atoms with Crippen molar-refractivity contribution in [1.29, 1.82) is 0 Å². The van der Waals surface area contributed by atoms with Crippen molar-refractivity contribution in [3.8, 4) is 0 Å². The molecule has 1 saturated carbocycles. The molecule has 0 unspecified atom stereocenters. The number of sulfonamides is 1. The molecule has 2 N–H and O–H groups in total. The molecule has 0 aromatic carbocycles. The lowest BCUT2D eigenvalue weighted by Gasteiger charge is -2.31. The Kier molecular flexibility index (Phi) is 5.89. The van der Waals surface area contributed by atoms with Crippen LogP contribution >= 0.6 is 0 Å². The average Bonchev–Trinajstić information content (AvgIpc) is 2.42. The maximum absolute atomic E-state index is 11.4. The normalized spacial score (nSPS) is 21.1. The largest absolute Gasteiger partial charge is 0.381 e. The van der Waals surface area contributed by atoms with Gasteiger partial charge in [0.2, 0.25) is 10.0 Å². The Morgan fingerprint density at radius 2 is 1.76 bits per heavy atom. The number of hydrogen-bond acceptors (Lipinski definition) is 3. The minimum Gasteiger partial charge on any atom is -0.381 e. The summed E-state index contributed by atoms with van der Waals surface area (Å²) in [7, 11) is -3.42. The Bertz CT molecular complexity index is 306. The van der Waals surface area contributed by atoms with Crippen LogP contribution in [0, 0.1) is 5.41 Å². The first-order valence-electron chi connectivity index (χ1n) is 6.56. The van der Waals surface area contributed by atoms with Crippen molar-refractivity contribution < 1.29 is 13.2 Å². The highest BCUT2D eigenvalue weighted by atomic mass is 32.2. The predicted octanol–water partition coefficient (Wildman–Crippen LogP) is 2.04. The summed E-state index contributed by atoms with van der Waals surface area (Å²) in [6, 6.07) is 0. The van der Waals surface area contributed by atoms with Gasteiger partial charge < -0.3 is 4.74 Å². The Labute approximate surface area is 105 Å². The van der Waals surface area contributed by atoms with Crippen LogP contribution in [-0.2, 0) is 14.8 Å². The maximum atomic E-state index is 11.4. The smallest absolute Gasteiger partial charge is 0.209 e. The molecular formula is C12H25NO3S. The van der Waals surface area contributed by atoms with Gasteiger partial charge in [0.25, 0.3) is 0 Å². The predicted molar refractivity (Wildman–Crippen MR) is 69.2 cm³/mol. The highest BCUT2D eigenvalue weighted by molar-refractivity contribution is 7.89. The number of hydrogen-bond donors (Lipinski definition) is 1. The summed E-state index contributed by atoms with van der Waals surface area (Å²) < 4.78 is 28.4. The van der Waals surface area contributed by atoms with Crippen molar-refractivity contribution in [3.05, 3.63) is 0 Å². The second kappa shape index (κ2) is 6.71. The van der Waals surface area contributed by atoms with E-state index in [1.54, 1.807) is 0 Å². The summed E-state index contributed by atoms with van der Waals surface area (Å²) in [5.74, 6) is 0.0731. The van der Waals surface area contributed by atoms with Gasteiger partial charge in [-0.25, -0.2) is 13.6 Å². The molecule has 17 heavy (non-hydrogen) atoms. The lowest BCUT2D eigenvalue weighted by atomic mass is 9.83. The molecule has 0 amide bonds. The third-order valence-corrected chi connectivity index (χ3v) is 4.44. The first kappa shape index (κ1) is 14.9. The van der Waals surface area contributed by atoms with Crippen molar-refractivity contribution in [3.63, 3.8) is 0 Å². The topological polar surface area (TPSA) is 69.4 Å². The lowest BCUT2D eigenvalue weighted by molar-refractivity contribution is 0.0463. The van der Waals surface area contributed by atoms with Crippen LogP contribution in [0.5, 0.6) is 0 Å². The second-order valence-corrected chi connectivity index (χ2v) is 6.89. The Morgan fingerprint density at radius 1 is 1.18 bits per heavy atom. The summed E-state index contributed by atoms with van der Waals surface area (Å²) in [4.78, 5) is 0. The quantitative estimate of drug-likeness (QED) is 0.589. The van der Waals surface area contributed by atoms with E-state index < -0.39 is 10.0 Å². The van der Waals surface area contributed by atoms with E-state index >= 15 is 0 Å². The minimum atomic E-state index is -3.42. The van der Waals surface area contributed by atoms with Crippen molar-refractivity contribution in [2.75, 3.05) is 19.0 Å². The summed E-state index contributed by atoms with van der Waals surface area (Å²) in [6.45, 7) is 3.29. The van der Waals surface area contributed by atoms with Gasteiger partial charge in [0.05, 0.1) is 12.4 Å². The zero-order valence-corrected chi connectivity index (χ0v) is 11.6. The van der Waals surface area contributed by atoms with E-state index in [0.717, 1.165) is 32.1 Å². The van der Waals surface area contributed by atoms with Crippen LogP contribution in [-0.4, -0.2) is 27.4 Å². The molecule has 0 atom stereocenters. The van der Waals surface area contributed by atoms with E-state index in [0.29, 0.717) is 13.2 Å². The second-order valence-electron chi connectivity index (χ2n) is 5.27. The number of rotatable bonds is 6. The summed E-state index contributed by atoms with van der Waals surface area (Å²) >= 11 is 0. The Hall–Kier alpha value is -0.130. The average molecular weight is 263 g/mol. The first-order valence-corrected chi connectivity index (χ1v) is 8.27. The molecule has 102 valence electrons. The van der Waals surface area contributed by atoms with Crippen LogP contribution in [0.2, 0.25) is 0 Å². The number of primary sulfonamides is 1. The molecule has 1 fully saturated rings. The van der Waals surface area contributed by atoms with Gasteiger partial charge in [-0.2, -0.15) is 0 Å². The van der Waals surface area contributed by atoms with Crippen molar-refractivity contribution in [2.45, 2.75) is 51.9 Å². The molecular weight excluding hydrogens is 238 g/mol. The van der Waals surface area contributed by atoms with Gasteiger partial charge >= 0.3 is 0 Å². The van der Waals surface area contributed by atoms with Gasteiger partial charge in [-0.1, -0.05) is 32.6 Å². The summed E-state index contributed by atoms with van der Waals surface area (Å²) in [5, 5.41) is 5.22. The molecule has 4 nitrogen and oxygen atoms in total. The van der Waals surface area contributed by atoms with Gasteiger partial charge in [-0.3, -0.25) is 0 Å². The fourth-order valence-corrected chi connectivity index (χ4v) is 3.89. The molecule has 1 aliphatic rings. The molecule has 0 saturated heterocycles. The van der Waals surface area contributed by atoms with E-state index in [1.165, 1.54) is 12.8 Å². The van der Waals surface area contributed by atoms with Crippen LogP contribution < -0.4 is 5.14 Å². The van der Waals surface area contributed by atoms with E-state index in [4.69, 9.17) is 9.88 Å². The summed E-state index contributed by atoms with van der Waals surface area (Å²) in [6.07, 6.45) is 7.38. The maximum Gasteiger partial charge on any atom is 0.209 e. The standard InChI is InChI=1S/C12H25NO3S/c1-2-9-16-10-12(11-17(13,14)15)7-5-3-4-6-8-12/h2-11H2,1H3,(H2,13,14,15). The lowest BCUT2D eigenvalue weighted by Crippen LogP contribution is -2.37. The highest BCUT2D eigenvalue weighted by Gasteiger charge is 2.35. The third-order valence-electron chi connectivity index (χ3n) is 3.43. The summed E-state index contributed by atoms with van der Waals surface area (Å²) in [5.41, 5.74) is -0.237. The number of ether oxygens (including phenoxy) is 1. The molecule has 1 aliphatic carbocycles. The van der Waals surface area contributed by atoms with Gasteiger partial charge in [0.1, 0.15) is 0 Å². The van der Waals surface area contributed by atoms with Crippen LogP contribution in [0.3, 0.4) is 0 Å². The Balaban J connectivity index is 2.67. The van der Waals surface area contributed by atoms with Gasteiger partial charge in [-0.05, 0) is 19.3 Å². The molecule has 0 spiro atoms. The van der Waals surface area contributed by atoms with Crippen LogP contribution in [0.25, 0.3) is 0 Å².